The highest BCUT2D eigenvalue weighted by atomic mass is 32.2. The van der Waals surface area contributed by atoms with Crippen LogP contribution in [-0.4, -0.2) is 10.9 Å². The highest BCUT2D eigenvalue weighted by molar-refractivity contribution is 7.99. The fraction of sp³-hybridized carbons (Fsp3) is 0. The molecule has 86 valence electrons. The lowest BCUT2D eigenvalue weighted by atomic mass is 10.3. The maximum absolute atomic E-state index is 11.3. The van der Waals surface area contributed by atoms with Crippen molar-refractivity contribution in [3.8, 4) is 0 Å². The minimum atomic E-state index is -0.388. The summed E-state index contributed by atoms with van der Waals surface area (Å²) < 4.78 is 0. The van der Waals surface area contributed by atoms with Gasteiger partial charge in [0.25, 0.3) is 5.91 Å². The zero-order valence-corrected chi connectivity index (χ0v) is 9.78. The monoisotopic (exact) mass is 245 g/mol. The Morgan fingerprint density at radius 2 is 1.94 bits per heavy atom. The Balaban J connectivity index is 2.20. The minimum Gasteiger partial charge on any atom is -0.289 e. The molecule has 3 N–H and O–H groups in total. The summed E-state index contributed by atoms with van der Waals surface area (Å²) in [6.07, 6.45) is 1.59. The molecule has 0 unspecified atom stereocenters. The second-order valence-electron chi connectivity index (χ2n) is 3.27. The van der Waals surface area contributed by atoms with Crippen molar-refractivity contribution in [1.29, 1.82) is 0 Å². The summed E-state index contributed by atoms with van der Waals surface area (Å²) in [6, 6.07) is 13.5. The van der Waals surface area contributed by atoms with Gasteiger partial charge < -0.3 is 0 Å². The third-order valence-corrected chi connectivity index (χ3v) is 3.07. The molecule has 1 aromatic carbocycles. The summed E-state index contributed by atoms with van der Waals surface area (Å²) in [6.45, 7) is 0. The molecule has 17 heavy (non-hydrogen) atoms. The van der Waals surface area contributed by atoms with E-state index in [0.29, 0.717) is 5.69 Å². The number of hydrazine groups is 1. The van der Waals surface area contributed by atoms with Gasteiger partial charge in [0.1, 0.15) is 5.69 Å². The second kappa shape index (κ2) is 5.47. The van der Waals surface area contributed by atoms with E-state index >= 15 is 0 Å². The van der Waals surface area contributed by atoms with Crippen LogP contribution in [0, 0.1) is 0 Å². The zero-order chi connectivity index (χ0) is 12.1. The Morgan fingerprint density at radius 1 is 1.18 bits per heavy atom. The van der Waals surface area contributed by atoms with Crippen LogP contribution in [-0.2, 0) is 0 Å². The van der Waals surface area contributed by atoms with E-state index in [2.05, 4.69) is 10.4 Å². The molecular formula is C12H11N3OS. The molecular weight excluding hydrogens is 234 g/mol. The van der Waals surface area contributed by atoms with Gasteiger partial charge in [0.2, 0.25) is 0 Å². The van der Waals surface area contributed by atoms with Crippen LogP contribution in [0.2, 0.25) is 0 Å². The van der Waals surface area contributed by atoms with Crippen LogP contribution in [0.4, 0.5) is 0 Å². The Morgan fingerprint density at radius 3 is 2.65 bits per heavy atom. The fourth-order valence-electron chi connectivity index (χ4n) is 1.30. The van der Waals surface area contributed by atoms with Crippen LogP contribution in [0.3, 0.4) is 0 Å². The van der Waals surface area contributed by atoms with Gasteiger partial charge in [0.15, 0.2) is 0 Å². The minimum absolute atomic E-state index is 0.313. The van der Waals surface area contributed by atoms with E-state index in [1.807, 2.05) is 36.4 Å². The number of hydrogen-bond acceptors (Lipinski definition) is 4. The van der Waals surface area contributed by atoms with E-state index in [1.165, 1.54) is 0 Å². The van der Waals surface area contributed by atoms with Crippen molar-refractivity contribution in [3.63, 3.8) is 0 Å². The lowest BCUT2D eigenvalue weighted by molar-refractivity contribution is 0.0948. The molecule has 0 radical (unpaired) electrons. The fourth-order valence-corrected chi connectivity index (χ4v) is 2.16. The number of nitrogens with two attached hydrogens (primary N) is 1. The van der Waals surface area contributed by atoms with Crippen LogP contribution >= 0.6 is 11.8 Å². The molecule has 0 fully saturated rings. The van der Waals surface area contributed by atoms with Gasteiger partial charge >= 0.3 is 0 Å². The van der Waals surface area contributed by atoms with Crippen molar-refractivity contribution in [3.05, 3.63) is 54.4 Å². The number of benzene rings is 1. The highest BCUT2D eigenvalue weighted by Gasteiger charge is 2.06. The van der Waals surface area contributed by atoms with Gasteiger partial charge in [-0.1, -0.05) is 30.0 Å². The highest BCUT2D eigenvalue weighted by Crippen LogP contribution is 2.27. The maximum atomic E-state index is 11.3. The summed E-state index contributed by atoms with van der Waals surface area (Å²) >= 11 is 1.57. The number of nitrogen functional groups attached to an aromatic ring is 1. The Kier molecular flexibility index (Phi) is 3.74. The summed E-state index contributed by atoms with van der Waals surface area (Å²) in [5.41, 5.74) is 2.38. The zero-order valence-electron chi connectivity index (χ0n) is 8.96. The number of carbonyl (C=O) groups excluding carboxylic acids is 1. The van der Waals surface area contributed by atoms with Crippen molar-refractivity contribution >= 4 is 17.7 Å². The molecule has 1 heterocycles. The van der Waals surface area contributed by atoms with Crippen molar-refractivity contribution in [1.82, 2.24) is 10.4 Å². The van der Waals surface area contributed by atoms with Crippen molar-refractivity contribution in [2.24, 2.45) is 5.84 Å². The number of rotatable bonds is 3. The SMILES string of the molecule is NNC(=O)c1cc(Sc2ccccc2)ccn1. The molecule has 0 aliphatic heterocycles. The Labute approximate surface area is 103 Å². The van der Waals surface area contributed by atoms with E-state index in [9.17, 15) is 4.79 Å². The van der Waals surface area contributed by atoms with Crippen LogP contribution in [0.1, 0.15) is 10.5 Å². The topological polar surface area (TPSA) is 68.0 Å². The quantitative estimate of drug-likeness (QED) is 0.492. The molecule has 1 aromatic heterocycles. The number of pyridine rings is 1. The van der Waals surface area contributed by atoms with Crippen LogP contribution in [0.25, 0.3) is 0 Å². The van der Waals surface area contributed by atoms with Gasteiger partial charge in [0, 0.05) is 16.0 Å². The molecule has 5 heteroatoms. The normalized spacial score (nSPS) is 9.94. The first-order valence-electron chi connectivity index (χ1n) is 4.99. The number of hydrogen-bond donors (Lipinski definition) is 2. The molecule has 0 spiro atoms. The number of nitrogens with one attached hydrogen (secondary N) is 1. The lowest BCUT2D eigenvalue weighted by Gasteiger charge is -2.03. The van der Waals surface area contributed by atoms with E-state index in [1.54, 1.807) is 24.0 Å². The third-order valence-electron chi connectivity index (χ3n) is 2.07. The van der Waals surface area contributed by atoms with Crippen molar-refractivity contribution in [2.75, 3.05) is 0 Å². The third kappa shape index (κ3) is 3.05. The van der Waals surface area contributed by atoms with Gasteiger partial charge in [-0.15, -0.1) is 0 Å². The maximum Gasteiger partial charge on any atom is 0.283 e. The van der Waals surface area contributed by atoms with E-state index in [-0.39, 0.29) is 5.91 Å². The van der Waals surface area contributed by atoms with Crippen molar-refractivity contribution < 1.29 is 4.79 Å². The van der Waals surface area contributed by atoms with Gasteiger partial charge in [0.05, 0.1) is 0 Å². The molecule has 0 bridgehead atoms. The molecule has 1 amide bonds. The second-order valence-corrected chi connectivity index (χ2v) is 4.41. The number of aromatic nitrogens is 1. The first-order valence-corrected chi connectivity index (χ1v) is 5.81. The first-order chi connectivity index (χ1) is 8.29. The van der Waals surface area contributed by atoms with Gasteiger partial charge in [-0.05, 0) is 24.3 Å². The number of carbonyl (C=O) groups is 1. The Hall–Kier alpha value is -1.85. The molecule has 0 atom stereocenters. The molecule has 0 saturated carbocycles. The molecule has 2 aromatic rings. The summed E-state index contributed by atoms with van der Waals surface area (Å²) in [4.78, 5) is 17.3. The van der Waals surface area contributed by atoms with Crippen LogP contribution in [0.15, 0.2) is 58.5 Å². The van der Waals surface area contributed by atoms with Crippen molar-refractivity contribution in [2.45, 2.75) is 9.79 Å². The summed E-state index contributed by atoms with van der Waals surface area (Å²) in [5.74, 6) is 4.67. The van der Waals surface area contributed by atoms with E-state index < -0.39 is 0 Å². The van der Waals surface area contributed by atoms with Crippen LogP contribution in [0.5, 0.6) is 0 Å². The first kappa shape index (κ1) is 11.6. The molecule has 4 nitrogen and oxygen atoms in total. The number of nitrogens with zero attached hydrogens (tertiary/aromatic N) is 1. The standard InChI is InChI=1S/C12H11N3OS/c13-15-12(16)11-8-10(6-7-14-11)17-9-4-2-1-3-5-9/h1-8H,13H2,(H,15,16). The largest absolute Gasteiger partial charge is 0.289 e. The van der Waals surface area contributed by atoms with Gasteiger partial charge in [-0.2, -0.15) is 0 Å². The lowest BCUT2D eigenvalue weighted by Crippen LogP contribution is -2.30. The summed E-state index contributed by atoms with van der Waals surface area (Å²) in [5, 5.41) is 0. The molecule has 0 aliphatic rings. The average molecular weight is 245 g/mol. The van der Waals surface area contributed by atoms with E-state index in [4.69, 9.17) is 5.84 Å². The summed E-state index contributed by atoms with van der Waals surface area (Å²) in [7, 11) is 0. The molecule has 2 rings (SSSR count). The molecule has 0 saturated heterocycles. The van der Waals surface area contributed by atoms with Crippen LogP contribution < -0.4 is 11.3 Å². The predicted octanol–water partition coefficient (Wildman–Crippen LogP) is 1.84. The smallest absolute Gasteiger partial charge is 0.283 e. The van der Waals surface area contributed by atoms with E-state index in [0.717, 1.165) is 9.79 Å². The predicted molar refractivity (Wildman–Crippen MR) is 66.5 cm³/mol. The van der Waals surface area contributed by atoms with Gasteiger partial charge in [-0.25, -0.2) is 5.84 Å². The average Bonchev–Trinajstić information content (AvgIpc) is 2.39. The Bertz CT molecular complexity index is 516. The number of amides is 1. The van der Waals surface area contributed by atoms with Gasteiger partial charge in [-0.3, -0.25) is 15.2 Å². The molecule has 0 aliphatic carbocycles.